The zero-order chi connectivity index (χ0) is 23.6. The fourth-order valence-electron chi connectivity index (χ4n) is 3.43. The minimum atomic E-state index is -0.813. The number of amides is 2. The summed E-state index contributed by atoms with van der Waals surface area (Å²) >= 11 is 0. The molecule has 0 aliphatic carbocycles. The highest BCUT2D eigenvalue weighted by molar-refractivity contribution is 5.95. The predicted molar refractivity (Wildman–Crippen MR) is 127 cm³/mol. The number of benzene rings is 3. The number of nitrogens with zero attached hydrogens (tertiary/aromatic N) is 1. The highest BCUT2D eigenvalue weighted by Crippen LogP contribution is 2.13. The summed E-state index contributed by atoms with van der Waals surface area (Å²) in [5.41, 5.74) is 4.07. The minimum absolute atomic E-state index is 0.0627. The molecule has 0 bridgehead atoms. The Morgan fingerprint density at radius 3 is 2.00 bits per heavy atom. The van der Waals surface area contributed by atoms with Crippen molar-refractivity contribution < 1.29 is 19.5 Å². The summed E-state index contributed by atoms with van der Waals surface area (Å²) in [6, 6.07) is 24.0. The van der Waals surface area contributed by atoms with Crippen molar-refractivity contribution in [1.82, 2.24) is 10.2 Å². The van der Waals surface area contributed by atoms with E-state index in [1.54, 1.807) is 29.2 Å². The first-order chi connectivity index (χ1) is 16.0. The summed E-state index contributed by atoms with van der Waals surface area (Å²) in [6.07, 6.45) is 0.592. The van der Waals surface area contributed by atoms with Crippen molar-refractivity contribution >= 4 is 17.8 Å². The van der Waals surface area contributed by atoms with E-state index in [4.69, 9.17) is 5.11 Å². The number of rotatable bonds is 10. The highest BCUT2D eigenvalue weighted by Gasteiger charge is 2.15. The van der Waals surface area contributed by atoms with E-state index >= 15 is 0 Å². The average Bonchev–Trinajstić information content (AvgIpc) is 2.85. The molecule has 0 aromatic heterocycles. The van der Waals surface area contributed by atoms with E-state index in [0.717, 1.165) is 16.7 Å². The van der Waals surface area contributed by atoms with Crippen LogP contribution in [-0.2, 0) is 24.3 Å². The summed E-state index contributed by atoms with van der Waals surface area (Å²) in [4.78, 5) is 37.6. The van der Waals surface area contributed by atoms with Crippen LogP contribution < -0.4 is 5.32 Å². The maximum atomic E-state index is 13.0. The molecule has 0 saturated carbocycles. The molecule has 3 rings (SSSR count). The van der Waals surface area contributed by atoms with Crippen LogP contribution in [0.5, 0.6) is 0 Å². The predicted octanol–water partition coefficient (Wildman–Crippen LogP) is 4.30. The molecule has 33 heavy (non-hydrogen) atoms. The lowest BCUT2D eigenvalue weighted by Gasteiger charge is -2.21. The second-order valence-corrected chi connectivity index (χ2v) is 7.78. The number of carboxylic acid groups (broad SMARTS) is 1. The maximum absolute atomic E-state index is 13.0. The van der Waals surface area contributed by atoms with Gasteiger partial charge in [0.05, 0.1) is 0 Å². The van der Waals surface area contributed by atoms with Gasteiger partial charge in [0.2, 0.25) is 0 Å². The Bertz CT molecular complexity index is 1080. The standard InChI is InChI=1S/C27H28N2O4/c1-2-29(19-22-10-8-20(9-11-22)14-17-25(30)31)27(33)24-15-12-21(13-16-24)18-28-26(32)23-6-4-3-5-7-23/h3-13,15-16H,2,14,17-19H2,1H3,(H,28,32)(H,30,31). The molecule has 170 valence electrons. The molecule has 3 aromatic carbocycles. The molecule has 0 radical (unpaired) electrons. The molecule has 2 amide bonds. The van der Waals surface area contributed by atoms with Crippen molar-refractivity contribution in [3.8, 4) is 0 Å². The van der Waals surface area contributed by atoms with Gasteiger partial charge in [-0.1, -0.05) is 54.6 Å². The minimum Gasteiger partial charge on any atom is -0.481 e. The van der Waals surface area contributed by atoms with E-state index in [0.29, 0.717) is 37.2 Å². The van der Waals surface area contributed by atoms with Crippen LogP contribution in [0.1, 0.15) is 50.8 Å². The number of hydrogen-bond acceptors (Lipinski definition) is 3. The zero-order valence-electron chi connectivity index (χ0n) is 18.7. The van der Waals surface area contributed by atoms with Gasteiger partial charge in [-0.25, -0.2) is 0 Å². The van der Waals surface area contributed by atoms with Gasteiger partial charge in [0.1, 0.15) is 0 Å². The van der Waals surface area contributed by atoms with Crippen molar-refractivity contribution in [2.75, 3.05) is 6.54 Å². The van der Waals surface area contributed by atoms with Gasteiger partial charge in [0.25, 0.3) is 11.8 Å². The normalized spacial score (nSPS) is 10.5. The van der Waals surface area contributed by atoms with Crippen LogP contribution >= 0.6 is 0 Å². The van der Waals surface area contributed by atoms with Crippen molar-refractivity contribution in [2.24, 2.45) is 0 Å². The molecular formula is C27H28N2O4. The van der Waals surface area contributed by atoms with Crippen LogP contribution in [-0.4, -0.2) is 34.3 Å². The molecule has 0 aliphatic heterocycles. The molecule has 0 atom stereocenters. The lowest BCUT2D eigenvalue weighted by Crippen LogP contribution is -2.30. The molecule has 0 spiro atoms. The van der Waals surface area contributed by atoms with Crippen LogP contribution in [0.25, 0.3) is 0 Å². The summed E-state index contributed by atoms with van der Waals surface area (Å²) < 4.78 is 0. The number of carbonyl (C=O) groups is 3. The van der Waals surface area contributed by atoms with E-state index in [1.807, 2.05) is 61.5 Å². The number of hydrogen-bond donors (Lipinski definition) is 2. The molecule has 0 saturated heterocycles. The molecule has 0 heterocycles. The monoisotopic (exact) mass is 444 g/mol. The van der Waals surface area contributed by atoms with Crippen molar-refractivity contribution in [3.63, 3.8) is 0 Å². The number of aliphatic carboxylic acids is 1. The van der Waals surface area contributed by atoms with E-state index in [-0.39, 0.29) is 18.2 Å². The first-order valence-corrected chi connectivity index (χ1v) is 11.0. The summed E-state index contributed by atoms with van der Waals surface area (Å²) in [5.74, 6) is -1.01. The summed E-state index contributed by atoms with van der Waals surface area (Å²) in [7, 11) is 0. The van der Waals surface area contributed by atoms with Gasteiger partial charge in [0, 0.05) is 37.2 Å². The van der Waals surface area contributed by atoms with Gasteiger partial charge in [-0.15, -0.1) is 0 Å². The van der Waals surface area contributed by atoms with Crippen molar-refractivity contribution in [1.29, 1.82) is 0 Å². The van der Waals surface area contributed by atoms with Gasteiger partial charge in [-0.2, -0.15) is 0 Å². The number of nitrogens with one attached hydrogen (secondary N) is 1. The van der Waals surface area contributed by atoms with Gasteiger partial charge < -0.3 is 15.3 Å². The quantitative estimate of drug-likeness (QED) is 0.488. The van der Waals surface area contributed by atoms with Crippen LogP contribution in [0.2, 0.25) is 0 Å². The summed E-state index contributed by atoms with van der Waals surface area (Å²) in [6.45, 7) is 3.36. The van der Waals surface area contributed by atoms with Gasteiger partial charge >= 0.3 is 5.97 Å². The largest absolute Gasteiger partial charge is 0.481 e. The highest BCUT2D eigenvalue weighted by atomic mass is 16.4. The van der Waals surface area contributed by atoms with Crippen LogP contribution in [0.15, 0.2) is 78.9 Å². The Morgan fingerprint density at radius 2 is 1.39 bits per heavy atom. The van der Waals surface area contributed by atoms with E-state index < -0.39 is 5.97 Å². The molecular weight excluding hydrogens is 416 g/mol. The Hall–Kier alpha value is -3.93. The van der Waals surface area contributed by atoms with Gasteiger partial charge in [-0.05, 0) is 54.3 Å². The third-order valence-corrected chi connectivity index (χ3v) is 5.38. The molecule has 0 aliphatic rings. The Morgan fingerprint density at radius 1 is 0.788 bits per heavy atom. The smallest absolute Gasteiger partial charge is 0.303 e. The van der Waals surface area contributed by atoms with E-state index in [1.165, 1.54) is 0 Å². The number of carboxylic acids is 1. The first kappa shape index (κ1) is 23.7. The lowest BCUT2D eigenvalue weighted by atomic mass is 10.1. The van der Waals surface area contributed by atoms with Gasteiger partial charge in [0.15, 0.2) is 0 Å². The van der Waals surface area contributed by atoms with Crippen molar-refractivity contribution in [2.45, 2.75) is 32.9 Å². The maximum Gasteiger partial charge on any atom is 0.303 e. The molecule has 3 aromatic rings. The molecule has 2 N–H and O–H groups in total. The fourth-order valence-corrected chi connectivity index (χ4v) is 3.43. The van der Waals surface area contributed by atoms with E-state index in [9.17, 15) is 14.4 Å². The number of carbonyl (C=O) groups excluding carboxylic acids is 2. The lowest BCUT2D eigenvalue weighted by molar-refractivity contribution is -0.136. The van der Waals surface area contributed by atoms with Gasteiger partial charge in [-0.3, -0.25) is 14.4 Å². The van der Waals surface area contributed by atoms with Crippen LogP contribution in [0.3, 0.4) is 0 Å². The fraction of sp³-hybridized carbons (Fsp3) is 0.222. The van der Waals surface area contributed by atoms with Crippen LogP contribution in [0, 0.1) is 0 Å². The van der Waals surface area contributed by atoms with Crippen molar-refractivity contribution in [3.05, 3.63) is 107 Å². The van der Waals surface area contributed by atoms with Crippen LogP contribution in [0.4, 0.5) is 0 Å². The summed E-state index contributed by atoms with van der Waals surface area (Å²) in [5, 5.41) is 11.7. The Labute approximate surface area is 193 Å². The Kier molecular flexibility index (Phi) is 8.36. The third-order valence-electron chi connectivity index (χ3n) is 5.38. The molecule has 6 nitrogen and oxygen atoms in total. The number of aryl methyl sites for hydroxylation is 1. The third kappa shape index (κ3) is 7.04. The topological polar surface area (TPSA) is 86.7 Å². The average molecular weight is 445 g/mol. The molecule has 6 heteroatoms. The first-order valence-electron chi connectivity index (χ1n) is 11.0. The molecule has 0 unspecified atom stereocenters. The second-order valence-electron chi connectivity index (χ2n) is 7.78. The SMILES string of the molecule is CCN(Cc1ccc(CCC(=O)O)cc1)C(=O)c1ccc(CNC(=O)c2ccccc2)cc1. The molecule has 0 fully saturated rings. The zero-order valence-corrected chi connectivity index (χ0v) is 18.7. The second kappa shape index (κ2) is 11.6. The van der Waals surface area contributed by atoms with E-state index in [2.05, 4.69) is 5.32 Å². The Balaban J connectivity index is 1.56.